The average Bonchev–Trinajstić information content (AvgIpc) is 2.14. The highest BCUT2D eigenvalue weighted by molar-refractivity contribution is 5.89. The molecule has 0 aliphatic carbocycles. The van der Waals surface area contributed by atoms with Gasteiger partial charge in [-0.25, -0.2) is 4.79 Å². The Kier molecular flexibility index (Phi) is 6.19. The van der Waals surface area contributed by atoms with E-state index in [4.69, 9.17) is 15.9 Å². The Labute approximate surface area is 99.0 Å². The van der Waals surface area contributed by atoms with Crippen molar-refractivity contribution in [3.05, 3.63) is 0 Å². The van der Waals surface area contributed by atoms with Crippen molar-refractivity contribution in [3.63, 3.8) is 0 Å². The van der Waals surface area contributed by atoms with Crippen molar-refractivity contribution in [3.8, 4) is 0 Å². The number of carbonyl (C=O) groups is 3. The number of aliphatic carboxylic acids is 2. The molecule has 0 rings (SSSR count). The summed E-state index contributed by atoms with van der Waals surface area (Å²) in [5.41, 5.74) is 5.31. The van der Waals surface area contributed by atoms with E-state index in [2.05, 4.69) is 5.32 Å². The Morgan fingerprint density at radius 1 is 1.24 bits per heavy atom. The number of hydrogen-bond donors (Lipinski definition) is 4. The molecule has 0 saturated carbocycles. The zero-order valence-corrected chi connectivity index (χ0v) is 9.84. The average molecular weight is 246 g/mol. The molecule has 0 saturated heterocycles. The molecule has 7 nitrogen and oxygen atoms in total. The molecule has 0 aliphatic heterocycles. The standard InChI is InChI=1S/C10H18N2O5/c1-5(2)3-7(10(16)17)12-9(15)6(11)4-8(13)14/h5-7H,3-4,11H2,1-2H3,(H,12,15)(H,13,14)(H,16,17)/t6-,7-/m1/s1. The van der Waals surface area contributed by atoms with Crippen LogP contribution in [0.1, 0.15) is 26.7 Å². The Balaban J connectivity index is 4.39. The summed E-state index contributed by atoms with van der Waals surface area (Å²) in [4.78, 5) is 32.6. The number of carbonyl (C=O) groups excluding carboxylic acids is 1. The number of hydrogen-bond acceptors (Lipinski definition) is 4. The second kappa shape index (κ2) is 6.85. The summed E-state index contributed by atoms with van der Waals surface area (Å²) < 4.78 is 0. The van der Waals surface area contributed by atoms with E-state index in [1.807, 2.05) is 13.8 Å². The van der Waals surface area contributed by atoms with Crippen LogP contribution in [0.3, 0.4) is 0 Å². The summed E-state index contributed by atoms with van der Waals surface area (Å²) in [6, 6.07) is -2.27. The summed E-state index contributed by atoms with van der Waals surface area (Å²) in [7, 11) is 0. The molecule has 7 heteroatoms. The molecule has 17 heavy (non-hydrogen) atoms. The highest BCUT2D eigenvalue weighted by Gasteiger charge is 2.25. The molecule has 0 aliphatic rings. The van der Waals surface area contributed by atoms with Crippen LogP contribution in [-0.2, 0) is 14.4 Å². The lowest BCUT2D eigenvalue weighted by molar-refractivity contribution is -0.143. The third kappa shape index (κ3) is 6.52. The first-order chi connectivity index (χ1) is 7.73. The van der Waals surface area contributed by atoms with E-state index in [-0.39, 0.29) is 12.3 Å². The van der Waals surface area contributed by atoms with Gasteiger partial charge in [-0.1, -0.05) is 13.8 Å². The van der Waals surface area contributed by atoms with Crippen LogP contribution in [0.2, 0.25) is 0 Å². The monoisotopic (exact) mass is 246 g/mol. The Bertz CT molecular complexity index is 303. The first-order valence-corrected chi connectivity index (χ1v) is 5.24. The van der Waals surface area contributed by atoms with Crippen molar-refractivity contribution in [1.82, 2.24) is 5.32 Å². The van der Waals surface area contributed by atoms with Gasteiger partial charge in [-0.05, 0) is 12.3 Å². The fourth-order valence-electron chi connectivity index (χ4n) is 1.25. The number of carboxylic acid groups (broad SMARTS) is 2. The van der Waals surface area contributed by atoms with Crippen LogP contribution in [0, 0.1) is 5.92 Å². The van der Waals surface area contributed by atoms with Crippen LogP contribution < -0.4 is 11.1 Å². The predicted molar refractivity (Wildman–Crippen MR) is 59.2 cm³/mol. The minimum Gasteiger partial charge on any atom is -0.481 e. The number of nitrogens with one attached hydrogen (secondary N) is 1. The Morgan fingerprint density at radius 2 is 1.76 bits per heavy atom. The van der Waals surface area contributed by atoms with Crippen LogP contribution in [-0.4, -0.2) is 40.1 Å². The summed E-state index contributed by atoms with van der Waals surface area (Å²) in [6.45, 7) is 3.64. The molecule has 0 heterocycles. The van der Waals surface area contributed by atoms with Gasteiger partial charge in [0.15, 0.2) is 0 Å². The van der Waals surface area contributed by atoms with Crippen LogP contribution >= 0.6 is 0 Å². The maximum atomic E-state index is 11.4. The second-order valence-corrected chi connectivity index (χ2v) is 4.23. The van der Waals surface area contributed by atoms with Crippen LogP contribution in [0.4, 0.5) is 0 Å². The minimum atomic E-state index is -1.23. The van der Waals surface area contributed by atoms with Crippen molar-refractivity contribution in [1.29, 1.82) is 0 Å². The van der Waals surface area contributed by atoms with Gasteiger partial charge in [0, 0.05) is 0 Å². The molecule has 0 radical (unpaired) electrons. The lowest BCUT2D eigenvalue weighted by Gasteiger charge is -2.18. The Hall–Kier alpha value is -1.63. The quantitative estimate of drug-likeness (QED) is 0.474. The zero-order chi connectivity index (χ0) is 13.6. The van der Waals surface area contributed by atoms with Crippen LogP contribution in [0.25, 0.3) is 0 Å². The first-order valence-electron chi connectivity index (χ1n) is 5.24. The maximum absolute atomic E-state index is 11.4. The Morgan fingerprint density at radius 3 is 2.12 bits per heavy atom. The van der Waals surface area contributed by atoms with E-state index in [1.54, 1.807) is 0 Å². The van der Waals surface area contributed by atoms with Gasteiger partial charge in [0.2, 0.25) is 5.91 Å². The van der Waals surface area contributed by atoms with E-state index in [0.717, 1.165) is 0 Å². The van der Waals surface area contributed by atoms with Crippen LogP contribution in [0.15, 0.2) is 0 Å². The summed E-state index contributed by atoms with van der Waals surface area (Å²) in [5, 5.41) is 19.5. The van der Waals surface area contributed by atoms with Gasteiger partial charge in [-0.2, -0.15) is 0 Å². The molecule has 5 N–H and O–H groups in total. The largest absolute Gasteiger partial charge is 0.481 e. The topological polar surface area (TPSA) is 130 Å². The molecule has 0 aromatic heterocycles. The maximum Gasteiger partial charge on any atom is 0.326 e. The molecule has 0 unspecified atom stereocenters. The third-order valence-corrected chi connectivity index (χ3v) is 2.05. The SMILES string of the molecule is CC(C)C[C@@H](NC(=O)[C@H](N)CC(=O)O)C(=O)O. The van der Waals surface area contributed by atoms with Crippen molar-refractivity contribution in [2.75, 3.05) is 0 Å². The van der Waals surface area contributed by atoms with Crippen molar-refractivity contribution in [2.24, 2.45) is 11.7 Å². The molecule has 0 spiro atoms. The van der Waals surface area contributed by atoms with Gasteiger partial charge in [0.1, 0.15) is 6.04 Å². The van der Waals surface area contributed by atoms with Gasteiger partial charge in [0.25, 0.3) is 0 Å². The van der Waals surface area contributed by atoms with E-state index in [0.29, 0.717) is 0 Å². The molecule has 2 atom stereocenters. The van der Waals surface area contributed by atoms with Crippen LogP contribution in [0.5, 0.6) is 0 Å². The second-order valence-electron chi connectivity index (χ2n) is 4.23. The van der Waals surface area contributed by atoms with Gasteiger partial charge in [0.05, 0.1) is 12.5 Å². The molecular weight excluding hydrogens is 228 g/mol. The highest BCUT2D eigenvalue weighted by Crippen LogP contribution is 2.05. The molecule has 0 aromatic carbocycles. The van der Waals surface area contributed by atoms with Gasteiger partial charge >= 0.3 is 11.9 Å². The van der Waals surface area contributed by atoms with Crippen molar-refractivity contribution >= 4 is 17.8 Å². The molecule has 0 bridgehead atoms. The fraction of sp³-hybridized carbons (Fsp3) is 0.700. The highest BCUT2D eigenvalue weighted by atomic mass is 16.4. The smallest absolute Gasteiger partial charge is 0.326 e. The number of nitrogens with two attached hydrogens (primary N) is 1. The third-order valence-electron chi connectivity index (χ3n) is 2.05. The van der Waals surface area contributed by atoms with Gasteiger partial charge < -0.3 is 21.3 Å². The lowest BCUT2D eigenvalue weighted by Crippen LogP contribution is -2.49. The molecule has 98 valence electrons. The molecular formula is C10H18N2O5. The van der Waals surface area contributed by atoms with E-state index < -0.39 is 36.4 Å². The van der Waals surface area contributed by atoms with E-state index in [9.17, 15) is 14.4 Å². The first kappa shape index (κ1) is 15.4. The normalized spacial score (nSPS) is 14.1. The van der Waals surface area contributed by atoms with Crippen molar-refractivity contribution in [2.45, 2.75) is 38.8 Å². The predicted octanol–water partition coefficient (Wildman–Crippen LogP) is -0.596. The lowest BCUT2D eigenvalue weighted by atomic mass is 10.0. The molecule has 0 fully saturated rings. The zero-order valence-electron chi connectivity index (χ0n) is 9.84. The van der Waals surface area contributed by atoms with Gasteiger partial charge in [-0.15, -0.1) is 0 Å². The number of amides is 1. The minimum absolute atomic E-state index is 0.0899. The van der Waals surface area contributed by atoms with Crippen molar-refractivity contribution < 1.29 is 24.6 Å². The fourth-order valence-corrected chi connectivity index (χ4v) is 1.25. The molecule has 1 amide bonds. The summed E-state index contributed by atoms with van der Waals surface area (Å²) in [5.74, 6) is -3.04. The molecule has 0 aromatic rings. The van der Waals surface area contributed by atoms with E-state index in [1.165, 1.54) is 0 Å². The van der Waals surface area contributed by atoms with Gasteiger partial charge in [-0.3, -0.25) is 9.59 Å². The summed E-state index contributed by atoms with van der Waals surface area (Å²) in [6.07, 6.45) is -0.263. The van der Waals surface area contributed by atoms with E-state index >= 15 is 0 Å². The summed E-state index contributed by atoms with van der Waals surface area (Å²) >= 11 is 0. The number of rotatable bonds is 7. The number of carboxylic acids is 2.